The number of ether oxygens (including phenoxy) is 3. The molecule has 0 aromatic carbocycles. The summed E-state index contributed by atoms with van der Waals surface area (Å²) < 4.78 is 64.7. The molecule has 0 radical (unpaired) electrons. The van der Waals surface area contributed by atoms with Gasteiger partial charge >= 0.3 is 29.8 Å². The van der Waals surface area contributed by atoms with Gasteiger partial charge in [0.1, 0.15) is 0 Å². The summed E-state index contributed by atoms with van der Waals surface area (Å²) in [7, 11) is 0. The van der Waals surface area contributed by atoms with Crippen LogP contribution in [0, 0.1) is 10.8 Å². The van der Waals surface area contributed by atoms with Crippen molar-refractivity contribution < 1.29 is 46.2 Å². The first-order chi connectivity index (χ1) is 13.5. The summed E-state index contributed by atoms with van der Waals surface area (Å²) in [5, 5.41) is 0. The molecule has 0 aromatic heterocycles. The summed E-state index contributed by atoms with van der Waals surface area (Å²) >= 11 is 0. The Balaban J connectivity index is 0.000000303. The average molecular weight is 442 g/mol. The second-order valence-electron chi connectivity index (χ2n) is 8.75. The fourth-order valence-corrected chi connectivity index (χ4v) is 2.17. The van der Waals surface area contributed by atoms with Crippen LogP contribution in [0.1, 0.15) is 67.2 Å². The molecule has 0 aromatic rings. The maximum atomic E-state index is 12.8. The van der Waals surface area contributed by atoms with Gasteiger partial charge in [-0.05, 0) is 40.5 Å². The third-order valence-electron chi connectivity index (χ3n) is 5.59. The molecule has 1 aliphatic carbocycles. The van der Waals surface area contributed by atoms with E-state index in [1.165, 1.54) is 13.8 Å². The quantitative estimate of drug-likeness (QED) is 0.347. The van der Waals surface area contributed by atoms with Crippen molar-refractivity contribution in [3.63, 3.8) is 0 Å². The number of cyclic esters (lactones) is 1. The molecule has 10 heteroatoms. The molecule has 2 unspecified atom stereocenters. The highest BCUT2D eigenvalue weighted by Crippen LogP contribution is 2.53. The zero-order valence-electron chi connectivity index (χ0n) is 18.2. The molecule has 30 heavy (non-hydrogen) atoms. The van der Waals surface area contributed by atoms with Crippen molar-refractivity contribution in [2.45, 2.75) is 91.3 Å². The van der Waals surface area contributed by atoms with Crippen LogP contribution in [0.2, 0.25) is 0 Å². The van der Waals surface area contributed by atoms with Crippen molar-refractivity contribution in [2.75, 3.05) is 6.61 Å². The molecule has 0 N–H and O–H groups in total. The van der Waals surface area contributed by atoms with Crippen molar-refractivity contribution in [3.05, 3.63) is 0 Å². The first kappa shape index (κ1) is 26.2. The topological polar surface area (TPSA) is 78.9 Å². The molecular weight excluding hydrogens is 412 g/mol. The van der Waals surface area contributed by atoms with Gasteiger partial charge in [0.2, 0.25) is 6.10 Å². The van der Waals surface area contributed by atoms with E-state index in [1.807, 2.05) is 6.92 Å². The molecule has 174 valence electrons. The predicted octanol–water partition coefficient (Wildman–Crippen LogP) is 4.29. The average Bonchev–Trinajstić information content (AvgIpc) is 3.06. The minimum absolute atomic E-state index is 0.330. The van der Waals surface area contributed by atoms with Crippen molar-refractivity contribution in [1.82, 2.24) is 0 Å². The Morgan fingerprint density at radius 2 is 1.47 bits per heavy atom. The summed E-state index contributed by atoms with van der Waals surface area (Å²) in [6.45, 7) is 10.6. The van der Waals surface area contributed by atoms with Crippen molar-refractivity contribution >= 4 is 17.9 Å². The lowest BCUT2D eigenvalue weighted by molar-refractivity contribution is -0.334. The van der Waals surface area contributed by atoms with Gasteiger partial charge in [-0.3, -0.25) is 9.59 Å². The fraction of sp³-hybridized carbons (Fsp3) is 0.850. The number of halogens is 4. The van der Waals surface area contributed by atoms with Crippen molar-refractivity contribution in [2.24, 2.45) is 10.8 Å². The maximum Gasteiger partial charge on any atom is 0.347 e. The van der Waals surface area contributed by atoms with E-state index in [0.29, 0.717) is 25.9 Å². The van der Waals surface area contributed by atoms with E-state index in [4.69, 9.17) is 9.47 Å². The van der Waals surface area contributed by atoms with Gasteiger partial charge in [-0.25, -0.2) is 4.79 Å². The first-order valence-electron chi connectivity index (χ1n) is 9.86. The SMILES string of the molecule is CCC(C)(C)C(=O)OC1CC(F)(F)C1(F)F.CCC(C)(C)C(=O)OC1CCOC1=O. The second-order valence-corrected chi connectivity index (χ2v) is 8.75. The summed E-state index contributed by atoms with van der Waals surface area (Å²) in [6, 6.07) is 0. The molecule has 2 rings (SSSR count). The Hall–Kier alpha value is -1.87. The standard InChI is InChI=1S/C10H14F4O2.C10H16O4/c1-4-8(2,3)7(15)16-6-5-9(11,12)10(6,13)14;1-4-10(2,3)9(12)14-7-5-6-13-8(7)11/h6H,4-5H2,1-3H3;7H,4-6H2,1-3H3. The monoisotopic (exact) mass is 442 g/mol. The van der Waals surface area contributed by atoms with Crippen LogP contribution in [-0.2, 0) is 28.6 Å². The van der Waals surface area contributed by atoms with Gasteiger partial charge in [-0.2, -0.15) is 17.6 Å². The van der Waals surface area contributed by atoms with Gasteiger partial charge in [0.25, 0.3) is 0 Å². The highest BCUT2D eigenvalue weighted by atomic mass is 19.3. The highest BCUT2D eigenvalue weighted by molar-refractivity contribution is 5.82. The molecule has 2 aliphatic rings. The summed E-state index contributed by atoms with van der Waals surface area (Å²) in [4.78, 5) is 34.0. The van der Waals surface area contributed by atoms with E-state index < -0.39 is 53.2 Å². The largest absolute Gasteiger partial charge is 0.463 e. The molecule has 0 bridgehead atoms. The number of carbonyl (C=O) groups is 3. The highest BCUT2D eigenvalue weighted by Gasteiger charge is 2.74. The van der Waals surface area contributed by atoms with Crippen LogP contribution in [0.5, 0.6) is 0 Å². The van der Waals surface area contributed by atoms with Gasteiger partial charge in [-0.15, -0.1) is 0 Å². The summed E-state index contributed by atoms with van der Waals surface area (Å²) in [6.07, 6.45) is -2.24. The van der Waals surface area contributed by atoms with Crippen LogP contribution in [0.15, 0.2) is 0 Å². The van der Waals surface area contributed by atoms with Crippen LogP contribution in [0.4, 0.5) is 17.6 Å². The maximum absolute atomic E-state index is 12.8. The molecule has 1 saturated carbocycles. The third kappa shape index (κ3) is 5.63. The third-order valence-corrected chi connectivity index (χ3v) is 5.59. The fourth-order valence-electron chi connectivity index (χ4n) is 2.17. The Labute approximate surface area is 173 Å². The molecule has 1 aliphatic heterocycles. The first-order valence-corrected chi connectivity index (χ1v) is 9.86. The van der Waals surface area contributed by atoms with E-state index in [-0.39, 0.29) is 5.97 Å². The number of esters is 3. The Morgan fingerprint density at radius 3 is 1.80 bits per heavy atom. The normalized spacial score (nSPS) is 24.7. The number of hydrogen-bond acceptors (Lipinski definition) is 6. The van der Waals surface area contributed by atoms with Gasteiger partial charge in [0.15, 0.2) is 6.10 Å². The molecule has 6 nitrogen and oxygen atoms in total. The van der Waals surface area contributed by atoms with Crippen LogP contribution in [0.25, 0.3) is 0 Å². The summed E-state index contributed by atoms with van der Waals surface area (Å²) in [5.74, 6) is -9.93. The second kappa shape index (κ2) is 9.09. The van der Waals surface area contributed by atoms with Crippen LogP contribution >= 0.6 is 0 Å². The van der Waals surface area contributed by atoms with E-state index in [2.05, 4.69) is 4.74 Å². The van der Waals surface area contributed by atoms with E-state index >= 15 is 0 Å². The molecule has 1 saturated heterocycles. The molecular formula is C20H30F4O6. The van der Waals surface area contributed by atoms with Crippen molar-refractivity contribution in [3.8, 4) is 0 Å². The Bertz CT molecular complexity index is 660. The zero-order valence-corrected chi connectivity index (χ0v) is 18.2. The Kier molecular flexibility index (Phi) is 7.93. The molecule has 0 amide bonds. The molecule has 0 spiro atoms. The van der Waals surface area contributed by atoms with E-state index in [0.717, 1.165) is 0 Å². The van der Waals surface area contributed by atoms with Crippen molar-refractivity contribution in [1.29, 1.82) is 0 Å². The Morgan fingerprint density at radius 1 is 1.00 bits per heavy atom. The minimum atomic E-state index is -4.24. The summed E-state index contributed by atoms with van der Waals surface area (Å²) in [5.41, 5.74) is -1.45. The predicted molar refractivity (Wildman–Crippen MR) is 98.0 cm³/mol. The van der Waals surface area contributed by atoms with E-state index in [1.54, 1.807) is 20.8 Å². The van der Waals surface area contributed by atoms with Gasteiger partial charge in [-0.1, -0.05) is 13.8 Å². The zero-order chi connectivity index (χ0) is 23.5. The number of rotatable bonds is 6. The molecule has 2 fully saturated rings. The smallest absolute Gasteiger partial charge is 0.347 e. The number of carbonyl (C=O) groups excluding carboxylic acids is 3. The van der Waals surface area contributed by atoms with Gasteiger partial charge < -0.3 is 14.2 Å². The van der Waals surface area contributed by atoms with Gasteiger partial charge in [0.05, 0.1) is 23.9 Å². The lowest BCUT2D eigenvalue weighted by Crippen LogP contribution is -2.64. The number of alkyl halides is 4. The number of hydrogen-bond donors (Lipinski definition) is 0. The van der Waals surface area contributed by atoms with Crippen LogP contribution < -0.4 is 0 Å². The van der Waals surface area contributed by atoms with Crippen LogP contribution in [0.3, 0.4) is 0 Å². The lowest BCUT2D eigenvalue weighted by atomic mass is 9.84. The minimum Gasteiger partial charge on any atom is -0.463 e. The molecule has 2 atom stereocenters. The van der Waals surface area contributed by atoms with E-state index in [9.17, 15) is 31.9 Å². The van der Waals surface area contributed by atoms with Crippen LogP contribution in [-0.4, -0.2) is 48.6 Å². The molecule has 1 heterocycles. The van der Waals surface area contributed by atoms with Gasteiger partial charge in [0, 0.05) is 6.42 Å². The lowest BCUT2D eigenvalue weighted by Gasteiger charge is -2.43.